The molecule has 0 atom stereocenters. The summed E-state index contributed by atoms with van der Waals surface area (Å²) in [5, 5.41) is 6.03. The second-order valence-electron chi connectivity index (χ2n) is 7.06. The van der Waals surface area contributed by atoms with Crippen molar-refractivity contribution in [3.8, 4) is 5.75 Å². The van der Waals surface area contributed by atoms with Crippen molar-refractivity contribution in [3.63, 3.8) is 0 Å². The van der Waals surface area contributed by atoms with Gasteiger partial charge in [-0.25, -0.2) is 10.2 Å². The molecule has 3 rings (SSSR count). The number of esters is 1. The zero-order valence-corrected chi connectivity index (χ0v) is 19.6. The highest BCUT2D eigenvalue weighted by atomic mass is 79.9. The quantitative estimate of drug-likeness (QED) is 0.151. The number of nitrogens with zero attached hydrogens (tertiary/aromatic N) is 1. The van der Waals surface area contributed by atoms with Crippen molar-refractivity contribution < 1.29 is 32.3 Å². The summed E-state index contributed by atoms with van der Waals surface area (Å²) in [6, 6.07) is 16.8. The van der Waals surface area contributed by atoms with E-state index in [9.17, 15) is 27.6 Å². The van der Waals surface area contributed by atoms with Crippen LogP contribution >= 0.6 is 15.9 Å². The van der Waals surface area contributed by atoms with Gasteiger partial charge in [-0.1, -0.05) is 12.1 Å². The maximum Gasteiger partial charge on any atom is 0.416 e. The average Bonchev–Trinajstić information content (AvgIpc) is 2.82. The number of hydrogen-bond acceptors (Lipinski definition) is 5. The van der Waals surface area contributed by atoms with Crippen LogP contribution in [-0.4, -0.2) is 23.5 Å². The van der Waals surface area contributed by atoms with E-state index in [1.54, 1.807) is 55.5 Å². The highest BCUT2D eigenvalue weighted by Crippen LogP contribution is 2.29. The van der Waals surface area contributed by atoms with E-state index in [-0.39, 0.29) is 5.69 Å². The summed E-state index contributed by atoms with van der Waals surface area (Å²) >= 11 is 3.29. The topological polar surface area (TPSA) is 96.9 Å². The van der Waals surface area contributed by atoms with Gasteiger partial charge in [-0.05, 0) is 89.1 Å². The molecule has 0 saturated carbocycles. The molecule has 0 heterocycles. The lowest BCUT2D eigenvalue weighted by Crippen LogP contribution is -2.33. The molecule has 0 aliphatic rings. The SMILES string of the molecule is C/C(=N\NC(=O)C(=O)Nc1ccc(C(F)(F)F)cc1)c1ccc(OC(=O)c2ccccc2Br)cc1. The van der Waals surface area contributed by atoms with Gasteiger partial charge >= 0.3 is 24.0 Å². The number of hydrazone groups is 1. The van der Waals surface area contributed by atoms with Crippen LogP contribution in [0.5, 0.6) is 5.75 Å². The van der Waals surface area contributed by atoms with Gasteiger partial charge in [-0.3, -0.25) is 9.59 Å². The summed E-state index contributed by atoms with van der Waals surface area (Å²) in [7, 11) is 0. The van der Waals surface area contributed by atoms with Gasteiger partial charge in [0.15, 0.2) is 0 Å². The van der Waals surface area contributed by atoms with E-state index in [4.69, 9.17) is 4.74 Å². The van der Waals surface area contributed by atoms with E-state index in [2.05, 4.69) is 31.8 Å². The number of carbonyl (C=O) groups is 3. The predicted octanol–water partition coefficient (Wildman–Crippen LogP) is 5.17. The fourth-order valence-corrected chi connectivity index (χ4v) is 3.18. The fourth-order valence-electron chi connectivity index (χ4n) is 2.73. The largest absolute Gasteiger partial charge is 0.423 e. The zero-order valence-electron chi connectivity index (χ0n) is 18.0. The lowest BCUT2D eigenvalue weighted by atomic mass is 10.1. The molecule has 7 nitrogen and oxygen atoms in total. The number of benzene rings is 3. The molecule has 3 aromatic carbocycles. The van der Waals surface area contributed by atoms with Gasteiger partial charge in [0.1, 0.15) is 5.75 Å². The van der Waals surface area contributed by atoms with Crippen molar-refractivity contribution in [2.75, 3.05) is 5.32 Å². The van der Waals surface area contributed by atoms with Crippen LogP contribution in [0.15, 0.2) is 82.4 Å². The number of carbonyl (C=O) groups excluding carboxylic acids is 3. The van der Waals surface area contributed by atoms with Gasteiger partial charge in [-0.15, -0.1) is 0 Å². The van der Waals surface area contributed by atoms with Crippen molar-refractivity contribution in [1.82, 2.24) is 5.43 Å². The maximum absolute atomic E-state index is 12.6. The summed E-state index contributed by atoms with van der Waals surface area (Å²) in [5.41, 5.74) is 2.51. The molecule has 0 aromatic heterocycles. The highest BCUT2D eigenvalue weighted by Gasteiger charge is 2.30. The Morgan fingerprint density at radius 1 is 0.886 bits per heavy atom. The Hall–Kier alpha value is -3.99. The second kappa shape index (κ2) is 11.0. The summed E-state index contributed by atoms with van der Waals surface area (Å²) in [5.74, 6) is -2.46. The number of anilines is 1. The molecule has 0 unspecified atom stereocenters. The molecular formula is C24H17BrF3N3O4. The Bertz CT molecular complexity index is 1270. The summed E-state index contributed by atoms with van der Waals surface area (Å²) in [6.07, 6.45) is -4.51. The molecule has 11 heteroatoms. The minimum atomic E-state index is -4.51. The number of amides is 2. The van der Waals surface area contributed by atoms with Gasteiger partial charge in [0, 0.05) is 10.2 Å². The van der Waals surface area contributed by atoms with Gasteiger partial charge < -0.3 is 10.1 Å². The van der Waals surface area contributed by atoms with E-state index >= 15 is 0 Å². The molecule has 35 heavy (non-hydrogen) atoms. The number of ether oxygens (including phenoxy) is 1. The smallest absolute Gasteiger partial charge is 0.416 e. The first-order chi connectivity index (χ1) is 16.5. The van der Waals surface area contributed by atoms with E-state index in [1.807, 2.05) is 0 Å². The van der Waals surface area contributed by atoms with Crippen LogP contribution in [0.1, 0.15) is 28.4 Å². The van der Waals surface area contributed by atoms with Gasteiger partial charge in [0.25, 0.3) is 0 Å². The van der Waals surface area contributed by atoms with Crippen LogP contribution in [0.25, 0.3) is 0 Å². The minimum Gasteiger partial charge on any atom is -0.423 e. The lowest BCUT2D eigenvalue weighted by Gasteiger charge is -2.08. The van der Waals surface area contributed by atoms with Crippen molar-refractivity contribution in [2.24, 2.45) is 5.10 Å². The highest BCUT2D eigenvalue weighted by molar-refractivity contribution is 9.10. The Morgan fingerprint density at radius 3 is 2.11 bits per heavy atom. The molecule has 0 fully saturated rings. The number of nitrogens with one attached hydrogen (secondary N) is 2. The minimum absolute atomic E-state index is 0.0199. The van der Waals surface area contributed by atoms with E-state index in [0.29, 0.717) is 27.1 Å². The lowest BCUT2D eigenvalue weighted by molar-refractivity contribution is -0.137. The Labute approximate surface area is 206 Å². The normalized spacial score (nSPS) is 11.5. The summed E-state index contributed by atoms with van der Waals surface area (Å²) in [6.45, 7) is 1.58. The van der Waals surface area contributed by atoms with Crippen molar-refractivity contribution in [1.29, 1.82) is 0 Å². The third kappa shape index (κ3) is 7.00. The van der Waals surface area contributed by atoms with E-state index in [1.165, 1.54) is 0 Å². The van der Waals surface area contributed by atoms with Crippen LogP contribution in [0.2, 0.25) is 0 Å². The molecule has 0 bridgehead atoms. The number of halogens is 4. The van der Waals surface area contributed by atoms with Crippen LogP contribution < -0.4 is 15.5 Å². The van der Waals surface area contributed by atoms with E-state index in [0.717, 1.165) is 24.3 Å². The molecule has 0 radical (unpaired) electrons. The first-order valence-corrected chi connectivity index (χ1v) is 10.7. The van der Waals surface area contributed by atoms with E-state index < -0.39 is 29.5 Å². The van der Waals surface area contributed by atoms with Crippen molar-refractivity contribution in [2.45, 2.75) is 13.1 Å². The molecule has 0 aliphatic heterocycles. The zero-order chi connectivity index (χ0) is 25.6. The Kier molecular flexibility index (Phi) is 8.02. The molecule has 0 aliphatic carbocycles. The van der Waals surface area contributed by atoms with Gasteiger partial charge in [0.2, 0.25) is 0 Å². The molecule has 2 N–H and O–H groups in total. The second-order valence-corrected chi connectivity index (χ2v) is 7.92. The van der Waals surface area contributed by atoms with Crippen LogP contribution in [0, 0.1) is 0 Å². The number of rotatable bonds is 5. The van der Waals surface area contributed by atoms with Crippen molar-refractivity contribution >= 4 is 45.1 Å². The van der Waals surface area contributed by atoms with Crippen molar-refractivity contribution in [3.05, 3.63) is 94.0 Å². The Morgan fingerprint density at radius 2 is 1.51 bits per heavy atom. The van der Waals surface area contributed by atoms with Gasteiger partial charge in [0.05, 0.1) is 16.8 Å². The molecular weight excluding hydrogens is 531 g/mol. The predicted molar refractivity (Wildman–Crippen MR) is 126 cm³/mol. The molecule has 3 aromatic rings. The first-order valence-electron chi connectivity index (χ1n) is 9.94. The average molecular weight is 548 g/mol. The third-order valence-electron chi connectivity index (χ3n) is 4.58. The molecule has 0 spiro atoms. The Balaban J connectivity index is 1.56. The van der Waals surface area contributed by atoms with Crippen LogP contribution in [0.4, 0.5) is 18.9 Å². The fraction of sp³-hybridized carbons (Fsp3) is 0.0833. The van der Waals surface area contributed by atoms with Crippen LogP contribution in [0.3, 0.4) is 0 Å². The molecule has 180 valence electrons. The monoisotopic (exact) mass is 547 g/mol. The standard InChI is InChI=1S/C24H17BrF3N3O4/c1-14(15-6-12-18(13-7-15)35-23(34)19-4-2-3-5-20(19)25)30-31-22(33)21(32)29-17-10-8-16(9-11-17)24(26,27)28/h2-13H,1H3,(H,29,32)(H,31,33)/b30-14+. The summed E-state index contributed by atoms with van der Waals surface area (Å²) in [4.78, 5) is 36.2. The van der Waals surface area contributed by atoms with Gasteiger partial charge in [-0.2, -0.15) is 18.3 Å². The first kappa shape index (κ1) is 25.6. The molecule has 2 amide bonds. The molecule has 0 saturated heterocycles. The maximum atomic E-state index is 12.6. The summed E-state index contributed by atoms with van der Waals surface area (Å²) < 4.78 is 43.7. The third-order valence-corrected chi connectivity index (χ3v) is 5.27. The number of hydrogen-bond donors (Lipinski definition) is 2. The van der Waals surface area contributed by atoms with Crippen LogP contribution in [-0.2, 0) is 15.8 Å². The number of alkyl halides is 3.